The van der Waals surface area contributed by atoms with Crippen LogP contribution < -0.4 is 14.8 Å². The Balaban J connectivity index is 1.29. The molecule has 1 aromatic heterocycles. The first kappa shape index (κ1) is 22.3. The van der Waals surface area contributed by atoms with E-state index in [9.17, 15) is 4.79 Å². The summed E-state index contributed by atoms with van der Waals surface area (Å²) in [4.78, 5) is 12.5. The molecule has 1 aliphatic heterocycles. The van der Waals surface area contributed by atoms with Gasteiger partial charge in [-0.2, -0.15) is 0 Å². The molecule has 0 spiro atoms. The first-order valence-corrected chi connectivity index (χ1v) is 12.1. The third kappa shape index (κ3) is 4.88. The van der Waals surface area contributed by atoms with Crippen LogP contribution in [0, 0.1) is 0 Å². The number of hydrogen-bond donors (Lipinski definition) is 1. The van der Waals surface area contributed by atoms with E-state index >= 15 is 0 Å². The Labute approximate surface area is 206 Å². The van der Waals surface area contributed by atoms with Crippen molar-refractivity contribution < 1.29 is 14.3 Å². The molecule has 1 N–H and O–H groups in total. The molecule has 0 saturated carbocycles. The number of hydrogen-bond acceptors (Lipinski definition) is 6. The SMILES string of the molecule is O=C(CCSc1nnc(-c2ccccc2Cl)n1-c1ccccc1)Nc1ccc2c(c1)OCCO2. The number of aromatic nitrogens is 3. The average molecular weight is 493 g/mol. The fraction of sp³-hybridized carbons (Fsp3) is 0.160. The molecule has 0 atom stereocenters. The molecular weight excluding hydrogens is 472 g/mol. The van der Waals surface area contributed by atoms with Crippen molar-refractivity contribution in [3.05, 3.63) is 77.8 Å². The lowest BCUT2D eigenvalue weighted by atomic mass is 10.2. The molecule has 0 fully saturated rings. The number of anilines is 1. The van der Waals surface area contributed by atoms with Gasteiger partial charge in [0.15, 0.2) is 22.5 Å². The summed E-state index contributed by atoms with van der Waals surface area (Å²) in [6, 6.07) is 22.8. The summed E-state index contributed by atoms with van der Waals surface area (Å²) in [6.45, 7) is 1.03. The number of amides is 1. The summed E-state index contributed by atoms with van der Waals surface area (Å²) in [5.74, 6) is 2.42. The van der Waals surface area contributed by atoms with Gasteiger partial charge in [-0.15, -0.1) is 10.2 Å². The van der Waals surface area contributed by atoms with Crippen molar-refractivity contribution in [2.45, 2.75) is 11.6 Å². The quantitative estimate of drug-likeness (QED) is 0.344. The molecule has 9 heteroatoms. The fourth-order valence-corrected chi connectivity index (χ4v) is 4.68. The summed E-state index contributed by atoms with van der Waals surface area (Å²) in [5, 5.41) is 13.0. The molecule has 0 unspecified atom stereocenters. The molecule has 3 aromatic carbocycles. The molecule has 2 heterocycles. The minimum atomic E-state index is -0.0960. The summed E-state index contributed by atoms with van der Waals surface area (Å²) >= 11 is 7.90. The number of para-hydroxylation sites is 1. The number of ether oxygens (including phenoxy) is 2. The minimum Gasteiger partial charge on any atom is -0.486 e. The maximum Gasteiger partial charge on any atom is 0.225 e. The normalized spacial score (nSPS) is 12.4. The summed E-state index contributed by atoms with van der Waals surface area (Å²) in [6.07, 6.45) is 0.308. The van der Waals surface area contributed by atoms with E-state index in [1.54, 1.807) is 18.2 Å². The van der Waals surface area contributed by atoms with Crippen molar-refractivity contribution in [2.75, 3.05) is 24.3 Å². The molecule has 5 rings (SSSR count). The van der Waals surface area contributed by atoms with Crippen LogP contribution in [0.15, 0.2) is 78.0 Å². The highest BCUT2D eigenvalue weighted by Crippen LogP contribution is 2.33. The summed E-state index contributed by atoms with van der Waals surface area (Å²) in [7, 11) is 0. The third-order valence-electron chi connectivity index (χ3n) is 5.15. The Morgan fingerprint density at radius 1 is 0.971 bits per heavy atom. The van der Waals surface area contributed by atoms with Gasteiger partial charge in [-0.1, -0.05) is 53.7 Å². The van der Waals surface area contributed by atoms with Gasteiger partial charge in [-0.25, -0.2) is 0 Å². The standard InChI is InChI=1S/C25H21ClN4O3S/c26-20-9-5-4-8-19(20)24-28-29-25(30(24)18-6-2-1-3-7-18)34-15-12-23(31)27-17-10-11-21-22(16-17)33-14-13-32-21/h1-11,16H,12-15H2,(H,27,31). The van der Waals surface area contributed by atoms with E-state index in [2.05, 4.69) is 15.5 Å². The van der Waals surface area contributed by atoms with Crippen LogP contribution in [-0.4, -0.2) is 39.6 Å². The smallest absolute Gasteiger partial charge is 0.225 e. The van der Waals surface area contributed by atoms with Crippen LogP contribution in [0.4, 0.5) is 5.69 Å². The van der Waals surface area contributed by atoms with Crippen molar-refractivity contribution in [3.63, 3.8) is 0 Å². The molecule has 0 radical (unpaired) electrons. The zero-order chi connectivity index (χ0) is 23.3. The van der Waals surface area contributed by atoms with E-state index in [4.69, 9.17) is 21.1 Å². The van der Waals surface area contributed by atoms with Crippen LogP contribution in [0.2, 0.25) is 5.02 Å². The fourth-order valence-electron chi connectivity index (χ4n) is 3.57. The van der Waals surface area contributed by atoms with Crippen LogP contribution in [0.3, 0.4) is 0 Å². The largest absolute Gasteiger partial charge is 0.486 e. The van der Waals surface area contributed by atoms with Gasteiger partial charge in [-0.05, 0) is 36.4 Å². The highest BCUT2D eigenvalue weighted by Gasteiger charge is 2.18. The molecule has 1 aliphatic rings. The van der Waals surface area contributed by atoms with Gasteiger partial charge < -0.3 is 14.8 Å². The Bertz CT molecular complexity index is 1310. The second kappa shape index (κ2) is 10.2. The predicted molar refractivity (Wildman–Crippen MR) is 133 cm³/mol. The van der Waals surface area contributed by atoms with Gasteiger partial charge in [0.2, 0.25) is 5.91 Å². The number of benzene rings is 3. The van der Waals surface area contributed by atoms with Gasteiger partial charge in [0.25, 0.3) is 0 Å². The molecule has 0 aliphatic carbocycles. The Hall–Kier alpha value is -3.49. The summed E-state index contributed by atoms with van der Waals surface area (Å²) in [5.41, 5.74) is 2.39. The van der Waals surface area contributed by atoms with E-state index in [-0.39, 0.29) is 5.91 Å². The lowest BCUT2D eigenvalue weighted by Gasteiger charge is -2.19. The molecule has 34 heavy (non-hydrogen) atoms. The van der Waals surface area contributed by atoms with Crippen LogP contribution in [0.25, 0.3) is 17.1 Å². The highest BCUT2D eigenvalue weighted by atomic mass is 35.5. The van der Waals surface area contributed by atoms with Gasteiger partial charge in [-0.3, -0.25) is 9.36 Å². The van der Waals surface area contributed by atoms with E-state index in [0.717, 1.165) is 11.3 Å². The Morgan fingerprint density at radius 2 is 1.74 bits per heavy atom. The molecule has 1 amide bonds. The number of nitrogens with one attached hydrogen (secondary N) is 1. The number of halogens is 1. The lowest BCUT2D eigenvalue weighted by Crippen LogP contribution is -2.16. The predicted octanol–water partition coefficient (Wildman–Crippen LogP) is 5.48. The van der Waals surface area contributed by atoms with Crippen molar-refractivity contribution in [1.82, 2.24) is 14.8 Å². The molecule has 4 aromatic rings. The second-order valence-electron chi connectivity index (χ2n) is 7.46. The number of thioether (sulfide) groups is 1. The van der Waals surface area contributed by atoms with Crippen molar-refractivity contribution in [3.8, 4) is 28.6 Å². The number of nitrogens with zero attached hydrogens (tertiary/aromatic N) is 3. The first-order chi connectivity index (χ1) is 16.7. The van der Waals surface area contributed by atoms with Crippen LogP contribution in [0.1, 0.15) is 6.42 Å². The lowest BCUT2D eigenvalue weighted by molar-refractivity contribution is -0.115. The maximum absolute atomic E-state index is 12.5. The first-order valence-electron chi connectivity index (χ1n) is 10.8. The topological polar surface area (TPSA) is 78.3 Å². The molecule has 7 nitrogen and oxygen atoms in total. The Kier molecular flexibility index (Phi) is 6.69. The zero-order valence-electron chi connectivity index (χ0n) is 18.1. The van der Waals surface area contributed by atoms with E-state index in [1.807, 2.05) is 59.2 Å². The zero-order valence-corrected chi connectivity index (χ0v) is 19.7. The molecular formula is C25H21ClN4O3S. The van der Waals surface area contributed by atoms with E-state index in [1.165, 1.54) is 11.8 Å². The van der Waals surface area contributed by atoms with E-state index < -0.39 is 0 Å². The Morgan fingerprint density at radius 3 is 2.56 bits per heavy atom. The monoisotopic (exact) mass is 492 g/mol. The number of rotatable bonds is 7. The number of carbonyl (C=O) groups excluding carboxylic acids is 1. The van der Waals surface area contributed by atoms with Gasteiger partial charge in [0, 0.05) is 35.2 Å². The van der Waals surface area contributed by atoms with Crippen molar-refractivity contribution >= 4 is 35.0 Å². The van der Waals surface area contributed by atoms with Crippen molar-refractivity contribution in [2.24, 2.45) is 0 Å². The molecule has 0 bridgehead atoms. The van der Waals surface area contributed by atoms with Gasteiger partial charge >= 0.3 is 0 Å². The van der Waals surface area contributed by atoms with Crippen LogP contribution in [0.5, 0.6) is 11.5 Å². The highest BCUT2D eigenvalue weighted by molar-refractivity contribution is 7.99. The average Bonchev–Trinajstić information content (AvgIpc) is 3.28. The maximum atomic E-state index is 12.5. The number of fused-ring (bicyclic) bond motifs is 1. The van der Waals surface area contributed by atoms with Crippen LogP contribution in [-0.2, 0) is 4.79 Å². The minimum absolute atomic E-state index is 0.0960. The second-order valence-corrected chi connectivity index (χ2v) is 8.93. The van der Waals surface area contributed by atoms with Crippen LogP contribution >= 0.6 is 23.4 Å². The number of carbonyl (C=O) groups is 1. The van der Waals surface area contributed by atoms with Gasteiger partial charge in [0.05, 0.1) is 5.02 Å². The summed E-state index contributed by atoms with van der Waals surface area (Å²) < 4.78 is 13.1. The van der Waals surface area contributed by atoms with Gasteiger partial charge in [0.1, 0.15) is 13.2 Å². The molecule has 172 valence electrons. The van der Waals surface area contributed by atoms with Crippen molar-refractivity contribution in [1.29, 1.82) is 0 Å². The third-order valence-corrected chi connectivity index (χ3v) is 6.41. The molecule has 0 saturated heterocycles. The van der Waals surface area contributed by atoms with E-state index in [0.29, 0.717) is 58.6 Å².